The van der Waals surface area contributed by atoms with Gasteiger partial charge < -0.3 is 15.4 Å². The standard InChI is InChI=1S/C27H21ClFN3O5/c1-2-13-37-27(36)17-8-6-10-19(15-17)32-25(34)22(28)23(26(32)35)30-18-9-5-7-16(14-18)24(33)31-21-12-4-3-11-20(21)29/h3-12,14-15,30H,2,13H2,1H3,(H,31,33). The molecule has 0 saturated heterocycles. The number of ether oxygens (including phenoxy) is 1. The van der Waals surface area contributed by atoms with E-state index in [0.717, 1.165) is 4.90 Å². The Labute approximate surface area is 216 Å². The number of para-hydroxylation sites is 1. The van der Waals surface area contributed by atoms with E-state index in [1.165, 1.54) is 54.6 Å². The molecule has 8 nitrogen and oxygen atoms in total. The Kier molecular flexibility index (Phi) is 7.64. The molecular formula is C27H21ClFN3O5. The van der Waals surface area contributed by atoms with Gasteiger partial charge in [0.05, 0.1) is 23.5 Å². The molecule has 1 heterocycles. The van der Waals surface area contributed by atoms with Crippen LogP contribution in [0.4, 0.5) is 21.5 Å². The van der Waals surface area contributed by atoms with Crippen molar-refractivity contribution in [2.75, 3.05) is 22.1 Å². The molecule has 0 saturated carbocycles. The predicted octanol–water partition coefficient (Wildman–Crippen LogP) is 5.08. The van der Waals surface area contributed by atoms with Crippen molar-refractivity contribution in [1.82, 2.24) is 0 Å². The van der Waals surface area contributed by atoms with Crippen LogP contribution in [0.5, 0.6) is 0 Å². The molecule has 3 aromatic rings. The maximum absolute atomic E-state index is 13.9. The molecule has 2 N–H and O–H groups in total. The lowest BCUT2D eigenvalue weighted by Gasteiger charge is -2.16. The Morgan fingerprint density at radius 3 is 2.43 bits per heavy atom. The second-order valence-electron chi connectivity index (χ2n) is 7.96. The van der Waals surface area contributed by atoms with Gasteiger partial charge in [0.25, 0.3) is 17.7 Å². The first-order valence-electron chi connectivity index (χ1n) is 11.3. The number of hydrogen-bond acceptors (Lipinski definition) is 6. The summed E-state index contributed by atoms with van der Waals surface area (Å²) in [4.78, 5) is 51.7. The molecule has 188 valence electrons. The summed E-state index contributed by atoms with van der Waals surface area (Å²) in [6, 6.07) is 17.7. The third-order valence-corrected chi connectivity index (χ3v) is 5.67. The molecule has 0 aliphatic carbocycles. The summed E-state index contributed by atoms with van der Waals surface area (Å²) in [6.07, 6.45) is 0.648. The van der Waals surface area contributed by atoms with Crippen LogP contribution in [-0.4, -0.2) is 30.3 Å². The van der Waals surface area contributed by atoms with E-state index in [2.05, 4.69) is 10.6 Å². The monoisotopic (exact) mass is 521 g/mol. The molecule has 3 amide bonds. The van der Waals surface area contributed by atoms with Gasteiger partial charge in [0, 0.05) is 11.3 Å². The number of carbonyl (C=O) groups excluding carboxylic acids is 4. The van der Waals surface area contributed by atoms with Crippen molar-refractivity contribution in [1.29, 1.82) is 0 Å². The maximum Gasteiger partial charge on any atom is 0.338 e. The summed E-state index contributed by atoms with van der Waals surface area (Å²) >= 11 is 6.21. The second-order valence-corrected chi connectivity index (χ2v) is 8.34. The summed E-state index contributed by atoms with van der Waals surface area (Å²) in [5, 5.41) is 4.92. The van der Waals surface area contributed by atoms with Crippen molar-refractivity contribution in [2.24, 2.45) is 0 Å². The number of halogens is 2. The Bertz CT molecular complexity index is 1440. The first-order valence-corrected chi connectivity index (χ1v) is 11.7. The molecule has 37 heavy (non-hydrogen) atoms. The highest BCUT2D eigenvalue weighted by Gasteiger charge is 2.39. The van der Waals surface area contributed by atoms with Gasteiger partial charge in [-0.2, -0.15) is 0 Å². The van der Waals surface area contributed by atoms with Gasteiger partial charge in [0.15, 0.2) is 0 Å². The smallest absolute Gasteiger partial charge is 0.338 e. The molecule has 0 fully saturated rings. The lowest BCUT2D eigenvalue weighted by molar-refractivity contribution is -0.120. The largest absolute Gasteiger partial charge is 0.462 e. The van der Waals surface area contributed by atoms with E-state index in [4.69, 9.17) is 16.3 Å². The van der Waals surface area contributed by atoms with Crippen molar-refractivity contribution in [3.05, 3.63) is 100 Å². The first kappa shape index (κ1) is 25.6. The van der Waals surface area contributed by atoms with Gasteiger partial charge in [-0.15, -0.1) is 0 Å². The number of imide groups is 1. The number of nitrogens with one attached hydrogen (secondary N) is 2. The predicted molar refractivity (Wildman–Crippen MR) is 137 cm³/mol. The van der Waals surface area contributed by atoms with Gasteiger partial charge in [0.1, 0.15) is 16.5 Å². The average molecular weight is 522 g/mol. The summed E-state index contributed by atoms with van der Waals surface area (Å²) < 4.78 is 19.0. The van der Waals surface area contributed by atoms with E-state index < -0.39 is 29.5 Å². The molecule has 0 spiro atoms. The minimum Gasteiger partial charge on any atom is -0.462 e. The average Bonchev–Trinajstić information content (AvgIpc) is 3.11. The summed E-state index contributed by atoms with van der Waals surface area (Å²) in [5.74, 6) is -3.25. The van der Waals surface area contributed by atoms with Crippen LogP contribution >= 0.6 is 11.6 Å². The zero-order chi connectivity index (χ0) is 26.5. The number of rotatable bonds is 8. The third kappa shape index (κ3) is 5.52. The molecule has 0 bridgehead atoms. The van der Waals surface area contributed by atoms with Crippen LogP contribution in [0, 0.1) is 5.82 Å². The number of anilines is 3. The molecule has 4 rings (SSSR count). The molecule has 0 atom stereocenters. The number of hydrogen-bond donors (Lipinski definition) is 2. The SMILES string of the molecule is CCCOC(=O)c1cccc(N2C(=O)C(Cl)=C(Nc3cccc(C(=O)Nc4ccccc4F)c3)C2=O)c1. The number of amides is 3. The Hall–Kier alpha value is -4.50. The summed E-state index contributed by atoms with van der Waals surface area (Å²) in [7, 11) is 0. The Morgan fingerprint density at radius 1 is 0.946 bits per heavy atom. The normalized spacial score (nSPS) is 13.1. The number of nitrogens with zero attached hydrogens (tertiary/aromatic N) is 1. The lowest BCUT2D eigenvalue weighted by atomic mass is 10.1. The van der Waals surface area contributed by atoms with E-state index in [1.54, 1.807) is 18.2 Å². The molecule has 0 unspecified atom stereocenters. The molecule has 10 heteroatoms. The minimum atomic E-state index is -0.776. The van der Waals surface area contributed by atoms with E-state index in [-0.39, 0.29) is 39.8 Å². The summed E-state index contributed by atoms with van der Waals surface area (Å²) in [5.41, 5.74) is 0.625. The van der Waals surface area contributed by atoms with Crippen LogP contribution in [0.3, 0.4) is 0 Å². The van der Waals surface area contributed by atoms with E-state index in [0.29, 0.717) is 12.1 Å². The van der Waals surface area contributed by atoms with Gasteiger partial charge in [-0.1, -0.05) is 42.8 Å². The van der Waals surface area contributed by atoms with Crippen LogP contribution in [-0.2, 0) is 14.3 Å². The van der Waals surface area contributed by atoms with Crippen molar-refractivity contribution in [2.45, 2.75) is 13.3 Å². The van der Waals surface area contributed by atoms with Gasteiger partial charge in [0.2, 0.25) is 0 Å². The van der Waals surface area contributed by atoms with Crippen LogP contribution in [0.25, 0.3) is 0 Å². The highest BCUT2D eigenvalue weighted by Crippen LogP contribution is 2.31. The number of benzene rings is 3. The maximum atomic E-state index is 13.9. The van der Waals surface area contributed by atoms with Gasteiger partial charge >= 0.3 is 5.97 Å². The van der Waals surface area contributed by atoms with Crippen molar-refractivity contribution < 1.29 is 28.3 Å². The van der Waals surface area contributed by atoms with Gasteiger partial charge in [-0.3, -0.25) is 14.4 Å². The Morgan fingerprint density at radius 2 is 1.68 bits per heavy atom. The fourth-order valence-electron chi connectivity index (χ4n) is 3.54. The molecule has 1 aliphatic heterocycles. The fraction of sp³-hybridized carbons (Fsp3) is 0.111. The minimum absolute atomic E-state index is 0.0182. The zero-order valence-corrected chi connectivity index (χ0v) is 20.3. The zero-order valence-electron chi connectivity index (χ0n) is 19.6. The van der Waals surface area contributed by atoms with Crippen LogP contribution < -0.4 is 15.5 Å². The van der Waals surface area contributed by atoms with Crippen LogP contribution in [0.2, 0.25) is 0 Å². The molecule has 0 aromatic heterocycles. The third-order valence-electron chi connectivity index (χ3n) is 5.32. The first-order chi connectivity index (χ1) is 17.8. The van der Waals surface area contributed by atoms with Crippen LogP contribution in [0.15, 0.2) is 83.5 Å². The summed E-state index contributed by atoms with van der Waals surface area (Å²) in [6.45, 7) is 2.10. The van der Waals surface area contributed by atoms with E-state index >= 15 is 0 Å². The molecule has 0 radical (unpaired) electrons. The van der Waals surface area contributed by atoms with Gasteiger partial charge in [-0.05, 0) is 55.0 Å². The van der Waals surface area contributed by atoms with E-state index in [1.807, 2.05) is 6.92 Å². The molecular weight excluding hydrogens is 501 g/mol. The van der Waals surface area contributed by atoms with Gasteiger partial charge in [-0.25, -0.2) is 14.1 Å². The highest BCUT2D eigenvalue weighted by atomic mass is 35.5. The number of esters is 1. The topological polar surface area (TPSA) is 105 Å². The van der Waals surface area contributed by atoms with Crippen molar-refractivity contribution in [3.63, 3.8) is 0 Å². The lowest BCUT2D eigenvalue weighted by Crippen LogP contribution is -2.32. The molecule has 1 aliphatic rings. The quantitative estimate of drug-likeness (QED) is 0.316. The number of carbonyl (C=O) groups is 4. The van der Waals surface area contributed by atoms with E-state index in [9.17, 15) is 23.6 Å². The molecule has 3 aromatic carbocycles. The van der Waals surface area contributed by atoms with Crippen molar-refractivity contribution in [3.8, 4) is 0 Å². The second kappa shape index (κ2) is 11.0. The van der Waals surface area contributed by atoms with Crippen LogP contribution in [0.1, 0.15) is 34.1 Å². The Balaban J connectivity index is 1.53. The fourth-order valence-corrected chi connectivity index (χ4v) is 3.75. The highest BCUT2D eigenvalue weighted by molar-refractivity contribution is 6.53. The van der Waals surface area contributed by atoms with Crippen molar-refractivity contribution >= 4 is 52.4 Å².